The van der Waals surface area contributed by atoms with Gasteiger partial charge in [-0.05, 0) is 72.1 Å². The number of aromatic nitrogens is 3. The molecule has 0 unspecified atom stereocenters. The Hall–Kier alpha value is -2.25. The van der Waals surface area contributed by atoms with Gasteiger partial charge in [-0.25, -0.2) is 4.79 Å². The monoisotopic (exact) mass is 433 g/mol. The Bertz CT molecular complexity index is 970. The van der Waals surface area contributed by atoms with Crippen LogP contribution in [0.1, 0.15) is 31.1 Å². The van der Waals surface area contributed by atoms with Gasteiger partial charge in [0.05, 0.1) is 20.3 Å². The predicted molar refractivity (Wildman–Crippen MR) is 112 cm³/mol. The van der Waals surface area contributed by atoms with Gasteiger partial charge in [-0.15, -0.1) is 0 Å². The van der Waals surface area contributed by atoms with Crippen molar-refractivity contribution in [2.75, 3.05) is 20.6 Å². The Morgan fingerprint density at radius 3 is 2.37 bits per heavy atom. The second kappa shape index (κ2) is 8.63. The number of hydrogen-bond donors (Lipinski definition) is 1. The van der Waals surface area contributed by atoms with E-state index in [2.05, 4.69) is 58.3 Å². The molecule has 0 amide bonds. The van der Waals surface area contributed by atoms with Crippen molar-refractivity contribution in [3.8, 4) is 0 Å². The molecule has 0 spiro atoms. The highest BCUT2D eigenvalue weighted by atomic mass is 79.9. The Morgan fingerprint density at radius 1 is 1.22 bits per heavy atom. The van der Waals surface area contributed by atoms with E-state index in [1.165, 1.54) is 15.7 Å². The van der Waals surface area contributed by atoms with Gasteiger partial charge in [-0.2, -0.15) is 0 Å². The molecule has 3 heterocycles. The number of rotatable bonds is 2. The van der Waals surface area contributed by atoms with Crippen LogP contribution in [0.15, 0.2) is 56.9 Å². The van der Waals surface area contributed by atoms with Crippen molar-refractivity contribution in [1.82, 2.24) is 14.5 Å². The summed E-state index contributed by atoms with van der Waals surface area (Å²) in [6, 6.07) is 3.95. The summed E-state index contributed by atoms with van der Waals surface area (Å²) in [7, 11) is 4.38. The summed E-state index contributed by atoms with van der Waals surface area (Å²) in [5.41, 5.74) is 2.46. The Morgan fingerprint density at radius 2 is 1.85 bits per heavy atom. The summed E-state index contributed by atoms with van der Waals surface area (Å²) in [5, 5.41) is 0. The number of hydrogen-bond acceptors (Lipinski definition) is 3. The highest BCUT2D eigenvalue weighted by Crippen LogP contribution is 2.20. The molecule has 0 saturated heterocycles. The smallest absolute Gasteiger partial charge is 0.310 e. The van der Waals surface area contributed by atoms with Gasteiger partial charge in [0.1, 0.15) is 11.0 Å². The SMILES string of the molecule is C[N+]1(C)C=CC(c2ccncc2)=CC1.Cc1[nH]c(=O)n(C(C)C)c(=O)c1Br. The number of nitrogens with zero attached hydrogens (tertiary/aromatic N) is 3. The van der Waals surface area contributed by atoms with Crippen molar-refractivity contribution >= 4 is 21.5 Å². The lowest BCUT2D eigenvalue weighted by atomic mass is 10.0. The van der Waals surface area contributed by atoms with E-state index in [0.717, 1.165) is 11.0 Å². The zero-order valence-corrected chi connectivity index (χ0v) is 17.9. The predicted octanol–water partition coefficient (Wildman–Crippen LogP) is 3.26. The third-order valence-electron chi connectivity index (χ3n) is 4.22. The van der Waals surface area contributed by atoms with Crippen molar-refractivity contribution in [1.29, 1.82) is 0 Å². The van der Waals surface area contributed by atoms with E-state index in [4.69, 9.17) is 0 Å². The zero-order chi connectivity index (χ0) is 20.2. The minimum Gasteiger partial charge on any atom is -0.310 e. The normalized spacial score (nSPS) is 15.1. The first-order chi connectivity index (χ1) is 12.6. The first kappa shape index (κ1) is 21.1. The van der Waals surface area contributed by atoms with Crippen LogP contribution in [0.5, 0.6) is 0 Å². The van der Waals surface area contributed by atoms with Gasteiger partial charge in [0, 0.05) is 24.1 Å². The average molecular weight is 434 g/mol. The summed E-state index contributed by atoms with van der Waals surface area (Å²) in [5.74, 6) is 0. The molecule has 1 N–H and O–H groups in total. The second-order valence-corrected chi connectivity index (χ2v) is 8.10. The van der Waals surface area contributed by atoms with Crippen molar-refractivity contribution < 1.29 is 4.48 Å². The molecule has 144 valence electrons. The van der Waals surface area contributed by atoms with Gasteiger partial charge in [-0.3, -0.25) is 18.8 Å². The largest absolute Gasteiger partial charge is 0.328 e. The number of aromatic amines is 1. The van der Waals surface area contributed by atoms with Gasteiger partial charge in [-0.1, -0.05) is 0 Å². The molecule has 0 radical (unpaired) electrons. The fourth-order valence-electron chi connectivity index (χ4n) is 2.61. The fourth-order valence-corrected chi connectivity index (χ4v) is 2.90. The van der Waals surface area contributed by atoms with E-state index in [-0.39, 0.29) is 17.3 Å². The molecule has 1 aliphatic rings. The summed E-state index contributed by atoms with van der Waals surface area (Å²) >= 11 is 3.13. The number of halogens is 1. The average Bonchev–Trinajstić information content (AvgIpc) is 2.61. The third-order valence-corrected chi connectivity index (χ3v) is 5.15. The summed E-state index contributed by atoms with van der Waals surface area (Å²) in [4.78, 5) is 29.5. The number of aryl methyl sites for hydroxylation is 1. The number of pyridine rings is 1. The van der Waals surface area contributed by atoms with Gasteiger partial charge < -0.3 is 4.98 Å². The van der Waals surface area contributed by atoms with E-state index in [1.807, 2.05) is 24.5 Å². The van der Waals surface area contributed by atoms with E-state index in [1.54, 1.807) is 20.8 Å². The summed E-state index contributed by atoms with van der Waals surface area (Å²) < 4.78 is 2.52. The van der Waals surface area contributed by atoms with Crippen LogP contribution in [-0.4, -0.2) is 39.7 Å². The molecule has 6 nitrogen and oxygen atoms in total. The van der Waals surface area contributed by atoms with Crippen LogP contribution in [0.4, 0.5) is 0 Å². The van der Waals surface area contributed by atoms with Crippen molar-refractivity contribution in [3.63, 3.8) is 0 Å². The summed E-state index contributed by atoms with van der Waals surface area (Å²) in [6.07, 6.45) is 10.3. The Balaban J connectivity index is 0.000000194. The first-order valence-electron chi connectivity index (χ1n) is 8.76. The molecule has 0 saturated carbocycles. The number of likely N-dealkylation sites (N-methyl/N-ethyl adjacent to an activating group) is 1. The molecular formula is C20H26BrN4O2+. The lowest BCUT2D eigenvalue weighted by Crippen LogP contribution is -2.37. The highest BCUT2D eigenvalue weighted by Gasteiger charge is 2.14. The first-order valence-corrected chi connectivity index (χ1v) is 9.55. The number of quaternary nitrogens is 1. The molecule has 0 atom stereocenters. The number of H-pyrrole nitrogens is 1. The van der Waals surface area contributed by atoms with E-state index < -0.39 is 0 Å². The van der Waals surface area contributed by atoms with Crippen LogP contribution < -0.4 is 11.2 Å². The number of nitrogens with one attached hydrogen (secondary N) is 1. The molecule has 1 aliphatic heterocycles. The van der Waals surface area contributed by atoms with Crippen LogP contribution in [0, 0.1) is 6.92 Å². The molecule has 0 fully saturated rings. The van der Waals surface area contributed by atoms with Crippen LogP contribution in [0.3, 0.4) is 0 Å². The summed E-state index contributed by atoms with van der Waals surface area (Å²) in [6.45, 7) is 6.31. The second-order valence-electron chi connectivity index (χ2n) is 7.31. The molecule has 3 rings (SSSR count). The molecule has 0 bridgehead atoms. The Labute approximate surface area is 167 Å². The van der Waals surface area contributed by atoms with Crippen LogP contribution in [-0.2, 0) is 0 Å². The third kappa shape index (κ3) is 5.37. The Kier molecular flexibility index (Phi) is 6.73. The van der Waals surface area contributed by atoms with Crippen LogP contribution in [0.25, 0.3) is 5.57 Å². The molecule has 7 heteroatoms. The molecular weight excluding hydrogens is 408 g/mol. The topological polar surface area (TPSA) is 67.8 Å². The molecule has 0 aromatic carbocycles. The minimum atomic E-state index is -0.360. The maximum atomic E-state index is 11.5. The van der Waals surface area contributed by atoms with Gasteiger partial charge in [0.25, 0.3) is 5.56 Å². The minimum absolute atomic E-state index is 0.131. The van der Waals surface area contributed by atoms with E-state index in [9.17, 15) is 9.59 Å². The van der Waals surface area contributed by atoms with Gasteiger partial charge >= 0.3 is 5.69 Å². The molecule has 2 aromatic rings. The number of allylic oxidation sites excluding steroid dienone is 2. The van der Waals surface area contributed by atoms with Gasteiger partial charge in [0.2, 0.25) is 0 Å². The standard InChI is InChI=1S/C12H15N2.C8H11BrN2O2/c1-14(2)9-5-12(6-10-14)11-3-7-13-8-4-11;1-4(2)11-7(12)6(9)5(3)10-8(11)13/h3-9H,10H2,1-2H3;4H,1-3H3,(H,10,13)/q+1;. The van der Waals surface area contributed by atoms with Crippen LogP contribution >= 0.6 is 15.9 Å². The van der Waals surface area contributed by atoms with E-state index >= 15 is 0 Å². The molecule has 27 heavy (non-hydrogen) atoms. The maximum Gasteiger partial charge on any atom is 0.328 e. The molecule has 2 aromatic heterocycles. The highest BCUT2D eigenvalue weighted by molar-refractivity contribution is 9.10. The fraction of sp³-hybridized carbons (Fsp3) is 0.350. The van der Waals surface area contributed by atoms with Crippen molar-refractivity contribution in [3.05, 3.63) is 79.4 Å². The van der Waals surface area contributed by atoms with E-state index in [0.29, 0.717) is 10.2 Å². The van der Waals surface area contributed by atoms with Crippen molar-refractivity contribution in [2.24, 2.45) is 0 Å². The van der Waals surface area contributed by atoms with Crippen molar-refractivity contribution in [2.45, 2.75) is 26.8 Å². The quantitative estimate of drug-likeness (QED) is 0.738. The molecule has 0 aliphatic carbocycles. The van der Waals surface area contributed by atoms with Crippen LogP contribution in [0.2, 0.25) is 0 Å². The lowest BCUT2D eigenvalue weighted by molar-refractivity contribution is -0.833. The van der Waals surface area contributed by atoms with Gasteiger partial charge in [0.15, 0.2) is 0 Å². The zero-order valence-electron chi connectivity index (χ0n) is 16.4. The maximum absolute atomic E-state index is 11.5. The lowest BCUT2D eigenvalue weighted by Gasteiger charge is -2.26.